The summed E-state index contributed by atoms with van der Waals surface area (Å²) in [5.41, 5.74) is 1.16. The van der Waals surface area contributed by atoms with E-state index in [0.717, 1.165) is 51.1 Å². The monoisotopic (exact) mass is 260 g/mol. The molecule has 0 aromatic heterocycles. The van der Waals surface area contributed by atoms with Gasteiger partial charge in [-0.15, -0.1) is 0 Å². The van der Waals surface area contributed by atoms with Crippen molar-refractivity contribution in [3.8, 4) is 5.75 Å². The lowest BCUT2D eigenvalue weighted by Crippen LogP contribution is -2.32. The average molecular weight is 260 g/mol. The van der Waals surface area contributed by atoms with E-state index in [0.29, 0.717) is 17.6 Å². The number of hydrogen-bond donors (Lipinski definition) is 1. The summed E-state index contributed by atoms with van der Waals surface area (Å²) < 4.78 is 0. The summed E-state index contributed by atoms with van der Waals surface area (Å²) in [4.78, 5) is 16.0. The van der Waals surface area contributed by atoms with Crippen LogP contribution in [-0.2, 0) is 4.79 Å². The number of carbonyl (C=O) groups excluding carboxylic acids is 1. The van der Waals surface area contributed by atoms with E-state index < -0.39 is 0 Å². The topological polar surface area (TPSA) is 43.8 Å². The van der Waals surface area contributed by atoms with Crippen molar-refractivity contribution in [1.82, 2.24) is 4.90 Å². The highest BCUT2D eigenvalue weighted by Crippen LogP contribution is 2.26. The number of phenols is 1. The predicted molar refractivity (Wildman–Crippen MR) is 74.2 cm³/mol. The molecule has 1 aromatic carbocycles. The van der Waals surface area contributed by atoms with Crippen LogP contribution >= 0.6 is 0 Å². The Labute approximate surface area is 113 Å². The van der Waals surface area contributed by atoms with E-state index in [2.05, 4.69) is 4.90 Å². The van der Waals surface area contributed by atoms with Gasteiger partial charge in [0.1, 0.15) is 5.75 Å². The quantitative estimate of drug-likeness (QED) is 0.902. The molecule has 2 fully saturated rings. The molecule has 1 atom stereocenters. The number of rotatable bonds is 3. The minimum atomic E-state index is 0.308. The molecule has 102 valence electrons. The number of carbonyl (C=O) groups is 1. The molecule has 4 nitrogen and oxygen atoms in total. The fourth-order valence-electron chi connectivity index (χ4n) is 3.09. The lowest BCUT2D eigenvalue weighted by Gasteiger charge is -2.22. The van der Waals surface area contributed by atoms with Crippen LogP contribution < -0.4 is 4.90 Å². The van der Waals surface area contributed by atoms with E-state index in [9.17, 15) is 9.90 Å². The first-order valence-electron chi connectivity index (χ1n) is 7.04. The van der Waals surface area contributed by atoms with Gasteiger partial charge >= 0.3 is 0 Å². The molecule has 3 rings (SSSR count). The van der Waals surface area contributed by atoms with Crippen molar-refractivity contribution in [1.29, 1.82) is 0 Å². The summed E-state index contributed by atoms with van der Waals surface area (Å²) in [7, 11) is 0. The van der Waals surface area contributed by atoms with Gasteiger partial charge in [-0.3, -0.25) is 4.79 Å². The van der Waals surface area contributed by atoms with Crippen LogP contribution in [0.1, 0.15) is 19.3 Å². The van der Waals surface area contributed by atoms with Crippen LogP contribution in [0, 0.1) is 5.92 Å². The third-order valence-corrected chi connectivity index (χ3v) is 4.15. The predicted octanol–water partition coefficient (Wildman–Crippen LogP) is 1.84. The number of hydrogen-bond acceptors (Lipinski definition) is 3. The molecular formula is C15H20N2O2. The number of aromatic hydroxyl groups is 1. The van der Waals surface area contributed by atoms with Gasteiger partial charge in [-0.05, 0) is 43.0 Å². The van der Waals surface area contributed by atoms with E-state index in [-0.39, 0.29) is 0 Å². The van der Waals surface area contributed by atoms with Gasteiger partial charge in [0.25, 0.3) is 0 Å². The van der Waals surface area contributed by atoms with Crippen LogP contribution in [0.3, 0.4) is 0 Å². The van der Waals surface area contributed by atoms with Crippen LogP contribution in [-0.4, -0.2) is 42.1 Å². The fraction of sp³-hybridized carbons (Fsp3) is 0.533. The normalized spacial score (nSPS) is 23.4. The number of phenolic OH excluding ortho intramolecular Hbond substituents is 1. The third-order valence-electron chi connectivity index (χ3n) is 4.15. The standard InChI is InChI=1S/C15H20N2O2/c18-14-5-3-13(4-6-14)16-9-7-12(10-16)11-17-8-1-2-15(17)19/h3-6,12,18H,1-2,7-11H2/t12-/m0/s1. The van der Waals surface area contributed by atoms with E-state index >= 15 is 0 Å². The SMILES string of the molecule is O=C1CCCN1C[C@H]1CCN(c2ccc(O)cc2)C1. The van der Waals surface area contributed by atoms with Crippen molar-refractivity contribution in [2.75, 3.05) is 31.1 Å². The summed E-state index contributed by atoms with van der Waals surface area (Å²) in [6.07, 6.45) is 2.90. The van der Waals surface area contributed by atoms with Gasteiger partial charge in [-0.1, -0.05) is 0 Å². The molecule has 0 radical (unpaired) electrons. The minimum absolute atomic E-state index is 0.308. The lowest BCUT2D eigenvalue weighted by molar-refractivity contribution is -0.128. The molecule has 0 unspecified atom stereocenters. The fourth-order valence-corrected chi connectivity index (χ4v) is 3.09. The van der Waals surface area contributed by atoms with Crippen molar-refractivity contribution < 1.29 is 9.90 Å². The summed E-state index contributed by atoms with van der Waals surface area (Å²) in [5, 5.41) is 9.31. The Bertz CT molecular complexity index is 458. The van der Waals surface area contributed by atoms with Gasteiger partial charge in [-0.25, -0.2) is 0 Å². The number of benzene rings is 1. The number of amides is 1. The zero-order valence-corrected chi connectivity index (χ0v) is 11.1. The Morgan fingerprint density at radius 1 is 1.21 bits per heavy atom. The molecule has 19 heavy (non-hydrogen) atoms. The molecule has 0 spiro atoms. The second-order valence-corrected chi connectivity index (χ2v) is 5.56. The first-order valence-corrected chi connectivity index (χ1v) is 7.04. The average Bonchev–Trinajstić information content (AvgIpc) is 3.01. The van der Waals surface area contributed by atoms with Crippen LogP contribution in [0.4, 0.5) is 5.69 Å². The molecular weight excluding hydrogens is 240 g/mol. The minimum Gasteiger partial charge on any atom is -0.508 e. The Hall–Kier alpha value is -1.71. The summed E-state index contributed by atoms with van der Waals surface area (Å²) >= 11 is 0. The third kappa shape index (κ3) is 2.67. The zero-order valence-electron chi connectivity index (χ0n) is 11.1. The maximum Gasteiger partial charge on any atom is 0.222 e. The second-order valence-electron chi connectivity index (χ2n) is 5.56. The first kappa shape index (κ1) is 12.3. The number of nitrogens with zero attached hydrogens (tertiary/aromatic N) is 2. The van der Waals surface area contributed by atoms with Gasteiger partial charge in [0.05, 0.1) is 0 Å². The van der Waals surface area contributed by atoms with E-state index in [1.807, 2.05) is 17.0 Å². The van der Waals surface area contributed by atoms with Crippen molar-refractivity contribution >= 4 is 11.6 Å². The van der Waals surface area contributed by atoms with Crippen molar-refractivity contribution in [2.45, 2.75) is 19.3 Å². The highest BCUT2D eigenvalue weighted by atomic mass is 16.3. The van der Waals surface area contributed by atoms with Gasteiger partial charge in [-0.2, -0.15) is 0 Å². The molecule has 2 saturated heterocycles. The molecule has 1 amide bonds. The Morgan fingerprint density at radius 2 is 2.00 bits per heavy atom. The van der Waals surface area contributed by atoms with E-state index in [1.54, 1.807) is 12.1 Å². The molecule has 4 heteroatoms. The van der Waals surface area contributed by atoms with E-state index in [1.165, 1.54) is 0 Å². The molecule has 2 heterocycles. The lowest BCUT2D eigenvalue weighted by atomic mass is 10.1. The van der Waals surface area contributed by atoms with Crippen LogP contribution in [0.15, 0.2) is 24.3 Å². The van der Waals surface area contributed by atoms with Gasteiger partial charge < -0.3 is 14.9 Å². The van der Waals surface area contributed by atoms with Crippen LogP contribution in [0.2, 0.25) is 0 Å². The van der Waals surface area contributed by atoms with Crippen molar-refractivity contribution in [3.05, 3.63) is 24.3 Å². The summed E-state index contributed by atoms with van der Waals surface area (Å²) in [6, 6.07) is 7.37. The Morgan fingerprint density at radius 3 is 2.68 bits per heavy atom. The molecule has 0 bridgehead atoms. The Balaban J connectivity index is 1.58. The molecule has 0 saturated carbocycles. The summed E-state index contributed by atoms with van der Waals surface area (Å²) in [6.45, 7) is 3.90. The maximum absolute atomic E-state index is 11.6. The molecule has 2 aliphatic heterocycles. The first-order chi connectivity index (χ1) is 9.22. The number of likely N-dealkylation sites (tertiary alicyclic amines) is 1. The number of anilines is 1. The molecule has 1 aromatic rings. The Kier molecular flexibility index (Phi) is 3.32. The van der Waals surface area contributed by atoms with Crippen LogP contribution in [0.5, 0.6) is 5.75 Å². The molecule has 1 N–H and O–H groups in total. The summed E-state index contributed by atoms with van der Waals surface area (Å²) in [5.74, 6) is 1.21. The largest absolute Gasteiger partial charge is 0.508 e. The van der Waals surface area contributed by atoms with E-state index in [4.69, 9.17) is 0 Å². The van der Waals surface area contributed by atoms with Gasteiger partial charge in [0.2, 0.25) is 5.91 Å². The highest BCUT2D eigenvalue weighted by Gasteiger charge is 2.28. The van der Waals surface area contributed by atoms with Crippen LogP contribution in [0.25, 0.3) is 0 Å². The van der Waals surface area contributed by atoms with Crippen molar-refractivity contribution in [3.63, 3.8) is 0 Å². The molecule has 0 aliphatic carbocycles. The van der Waals surface area contributed by atoms with Gasteiger partial charge in [0.15, 0.2) is 0 Å². The zero-order chi connectivity index (χ0) is 13.2. The second kappa shape index (κ2) is 5.11. The van der Waals surface area contributed by atoms with Crippen molar-refractivity contribution in [2.24, 2.45) is 5.92 Å². The van der Waals surface area contributed by atoms with Gasteiger partial charge in [0, 0.05) is 38.3 Å². The molecule has 2 aliphatic rings. The smallest absolute Gasteiger partial charge is 0.222 e. The highest BCUT2D eigenvalue weighted by molar-refractivity contribution is 5.78. The maximum atomic E-state index is 11.6.